The molecule has 2 saturated carbocycles. The molecule has 1 unspecified atom stereocenters. The summed E-state index contributed by atoms with van der Waals surface area (Å²) in [5.74, 6) is -0.308. The van der Waals surface area contributed by atoms with E-state index >= 15 is 0 Å². The molecule has 8 nitrogen and oxygen atoms in total. The molecule has 1 aromatic rings. The van der Waals surface area contributed by atoms with E-state index in [0.717, 1.165) is 60.3 Å². The smallest absolute Gasteiger partial charge is 0.341 e. The summed E-state index contributed by atoms with van der Waals surface area (Å²) >= 11 is 1.40. The Kier molecular flexibility index (Phi) is 5.27. The molecule has 2 heterocycles. The summed E-state index contributed by atoms with van der Waals surface area (Å²) in [6, 6.07) is -0.492. The third-order valence-electron chi connectivity index (χ3n) is 7.15. The molecule has 5 rings (SSSR count). The number of ether oxygens (including phenoxy) is 1. The van der Waals surface area contributed by atoms with Crippen LogP contribution in [-0.2, 0) is 27.2 Å². The first-order chi connectivity index (χ1) is 15.3. The number of nitrogens with zero attached hydrogens (tertiary/aromatic N) is 1. The van der Waals surface area contributed by atoms with Crippen molar-refractivity contribution in [2.45, 2.75) is 64.3 Å². The van der Waals surface area contributed by atoms with Crippen molar-refractivity contribution in [3.63, 3.8) is 0 Å². The molecular formula is C23H29N3O5S. The number of urea groups is 1. The van der Waals surface area contributed by atoms with Gasteiger partial charge in [-0.25, -0.2) is 9.59 Å². The molecule has 1 saturated heterocycles. The van der Waals surface area contributed by atoms with Crippen LogP contribution in [0.3, 0.4) is 0 Å². The highest BCUT2D eigenvalue weighted by molar-refractivity contribution is 7.17. The van der Waals surface area contributed by atoms with Gasteiger partial charge in [-0.2, -0.15) is 0 Å². The van der Waals surface area contributed by atoms with Gasteiger partial charge in [0.15, 0.2) is 0 Å². The van der Waals surface area contributed by atoms with Crippen molar-refractivity contribution in [3.8, 4) is 0 Å². The molecule has 172 valence electrons. The number of esters is 1. The Morgan fingerprint density at radius 2 is 1.88 bits per heavy atom. The standard InChI is InChI=1S/C23H29N3O5S/c1-3-31-20(28)18-15-9-4-12(2)10-16(15)32-19(18)24-17(27)11-26-21(29)23(13-5-6-13,14-7-8-14)25-22(26)30/h12-14H,3-11H2,1-2H3,(H,24,27)(H,25,30). The summed E-state index contributed by atoms with van der Waals surface area (Å²) in [6.45, 7) is 3.82. The van der Waals surface area contributed by atoms with E-state index in [1.165, 1.54) is 11.3 Å². The van der Waals surface area contributed by atoms with Gasteiger partial charge in [-0.05, 0) is 75.2 Å². The third kappa shape index (κ3) is 3.50. The molecular weight excluding hydrogens is 430 g/mol. The quantitative estimate of drug-likeness (QED) is 0.482. The molecule has 2 N–H and O–H groups in total. The zero-order valence-electron chi connectivity index (χ0n) is 18.5. The van der Waals surface area contributed by atoms with E-state index in [9.17, 15) is 19.2 Å². The van der Waals surface area contributed by atoms with Crippen molar-refractivity contribution >= 4 is 40.2 Å². The number of hydrogen-bond acceptors (Lipinski definition) is 6. The van der Waals surface area contributed by atoms with Crippen LogP contribution in [0.2, 0.25) is 0 Å². The molecule has 4 amide bonds. The van der Waals surface area contributed by atoms with Crippen LogP contribution in [0.15, 0.2) is 0 Å². The maximum absolute atomic E-state index is 13.2. The highest BCUT2D eigenvalue weighted by Crippen LogP contribution is 2.54. The molecule has 3 aliphatic carbocycles. The molecule has 0 radical (unpaired) electrons. The van der Waals surface area contributed by atoms with Crippen molar-refractivity contribution in [1.29, 1.82) is 0 Å². The first kappa shape index (κ1) is 21.4. The second-order valence-corrected chi connectivity index (χ2v) is 10.7. The van der Waals surface area contributed by atoms with E-state index < -0.39 is 23.4 Å². The van der Waals surface area contributed by atoms with Crippen LogP contribution in [0.5, 0.6) is 0 Å². The largest absolute Gasteiger partial charge is 0.462 e. The minimum Gasteiger partial charge on any atom is -0.462 e. The van der Waals surface area contributed by atoms with Gasteiger partial charge in [0.2, 0.25) is 5.91 Å². The third-order valence-corrected chi connectivity index (χ3v) is 8.32. The Balaban J connectivity index is 1.35. The van der Waals surface area contributed by atoms with Crippen molar-refractivity contribution in [2.75, 3.05) is 18.5 Å². The number of imide groups is 1. The van der Waals surface area contributed by atoms with Gasteiger partial charge in [-0.3, -0.25) is 14.5 Å². The maximum Gasteiger partial charge on any atom is 0.341 e. The second-order valence-electron chi connectivity index (χ2n) is 9.56. The summed E-state index contributed by atoms with van der Waals surface area (Å²) in [7, 11) is 0. The number of carbonyl (C=O) groups is 4. The number of nitrogens with one attached hydrogen (secondary N) is 2. The summed E-state index contributed by atoms with van der Waals surface area (Å²) < 4.78 is 5.25. The first-order valence-electron chi connectivity index (χ1n) is 11.6. The van der Waals surface area contributed by atoms with E-state index in [1.807, 2.05) is 0 Å². The fraction of sp³-hybridized carbons (Fsp3) is 0.652. The monoisotopic (exact) mass is 459 g/mol. The first-order valence-corrected chi connectivity index (χ1v) is 12.4. The number of hydrogen-bond donors (Lipinski definition) is 2. The number of thiophene rings is 1. The lowest BCUT2D eigenvalue weighted by Gasteiger charge is -2.26. The maximum atomic E-state index is 13.2. The van der Waals surface area contributed by atoms with E-state index in [1.54, 1.807) is 6.92 Å². The number of anilines is 1. The molecule has 1 aromatic heterocycles. The van der Waals surface area contributed by atoms with Gasteiger partial charge >= 0.3 is 12.0 Å². The van der Waals surface area contributed by atoms with Crippen LogP contribution in [-0.4, -0.2) is 47.4 Å². The van der Waals surface area contributed by atoms with Crippen LogP contribution >= 0.6 is 11.3 Å². The van der Waals surface area contributed by atoms with Crippen LogP contribution in [0.1, 0.15) is 66.8 Å². The lowest BCUT2D eigenvalue weighted by Crippen LogP contribution is -2.51. The SMILES string of the molecule is CCOC(=O)c1c(NC(=O)CN2C(=O)NC(C3CC3)(C3CC3)C2=O)sc2c1CCC(C)C2. The Labute approximate surface area is 191 Å². The molecule has 1 atom stereocenters. The van der Waals surface area contributed by atoms with Crippen LogP contribution in [0.4, 0.5) is 9.80 Å². The van der Waals surface area contributed by atoms with E-state index in [2.05, 4.69) is 17.6 Å². The van der Waals surface area contributed by atoms with Crippen molar-refractivity contribution in [2.24, 2.45) is 17.8 Å². The van der Waals surface area contributed by atoms with Crippen LogP contribution < -0.4 is 10.6 Å². The predicted molar refractivity (Wildman–Crippen MR) is 119 cm³/mol. The molecule has 9 heteroatoms. The van der Waals surface area contributed by atoms with Crippen LogP contribution in [0.25, 0.3) is 0 Å². The van der Waals surface area contributed by atoms with Crippen LogP contribution in [0, 0.1) is 17.8 Å². The zero-order valence-corrected chi connectivity index (χ0v) is 19.3. The minimum atomic E-state index is -0.814. The Hall–Kier alpha value is -2.42. The van der Waals surface area contributed by atoms with Crippen molar-refractivity contribution in [3.05, 3.63) is 16.0 Å². The average molecular weight is 460 g/mol. The summed E-state index contributed by atoms with van der Waals surface area (Å²) in [5.41, 5.74) is 0.568. The van der Waals surface area contributed by atoms with E-state index in [0.29, 0.717) is 16.5 Å². The Bertz CT molecular complexity index is 982. The number of rotatable bonds is 7. The number of fused-ring (bicyclic) bond motifs is 1. The average Bonchev–Trinajstić information content (AvgIpc) is 3.65. The zero-order chi connectivity index (χ0) is 22.6. The van der Waals surface area contributed by atoms with E-state index in [-0.39, 0.29) is 30.9 Å². The van der Waals surface area contributed by atoms with Gasteiger partial charge < -0.3 is 15.4 Å². The predicted octanol–water partition coefficient (Wildman–Crippen LogP) is 3.10. The van der Waals surface area contributed by atoms with Crippen molar-refractivity contribution in [1.82, 2.24) is 10.2 Å². The molecule has 1 aliphatic heterocycles. The van der Waals surface area contributed by atoms with Gasteiger partial charge in [0.05, 0.1) is 12.2 Å². The number of amides is 4. The van der Waals surface area contributed by atoms with E-state index in [4.69, 9.17) is 4.74 Å². The molecule has 0 aromatic carbocycles. The summed E-state index contributed by atoms with van der Waals surface area (Å²) in [5, 5.41) is 6.20. The molecule has 4 aliphatic rings. The Morgan fingerprint density at radius 1 is 1.19 bits per heavy atom. The van der Waals surface area contributed by atoms with Gasteiger partial charge in [0.25, 0.3) is 5.91 Å². The molecule has 32 heavy (non-hydrogen) atoms. The lowest BCUT2D eigenvalue weighted by molar-refractivity contribution is -0.135. The molecule has 0 spiro atoms. The molecule has 3 fully saturated rings. The fourth-order valence-electron chi connectivity index (χ4n) is 5.29. The van der Waals surface area contributed by atoms with Crippen molar-refractivity contribution < 1.29 is 23.9 Å². The Morgan fingerprint density at radius 3 is 2.50 bits per heavy atom. The number of carbonyl (C=O) groups excluding carboxylic acids is 4. The normalized spacial score (nSPS) is 24.2. The topological polar surface area (TPSA) is 105 Å². The van der Waals surface area contributed by atoms with Gasteiger partial charge in [-0.15, -0.1) is 11.3 Å². The lowest BCUT2D eigenvalue weighted by atomic mass is 9.87. The molecule has 0 bridgehead atoms. The minimum absolute atomic E-state index is 0.181. The highest BCUT2D eigenvalue weighted by Gasteiger charge is 2.65. The van der Waals surface area contributed by atoms with Gasteiger partial charge in [0, 0.05) is 4.88 Å². The summed E-state index contributed by atoms with van der Waals surface area (Å²) in [6.07, 6.45) is 6.36. The summed E-state index contributed by atoms with van der Waals surface area (Å²) in [4.78, 5) is 53.6. The highest BCUT2D eigenvalue weighted by atomic mass is 32.1. The fourth-order valence-corrected chi connectivity index (χ4v) is 6.70. The second kappa shape index (κ2) is 7.86. The van der Waals surface area contributed by atoms with Gasteiger partial charge in [0.1, 0.15) is 17.1 Å². The van der Waals surface area contributed by atoms with Gasteiger partial charge in [-0.1, -0.05) is 6.92 Å².